The molecule has 0 saturated heterocycles. The summed E-state index contributed by atoms with van der Waals surface area (Å²) >= 11 is 6.39. The SMILES string of the molecule is CCOc1ccc(C(=O)C(Br)CC(=O)O)cc1Br. The molecule has 0 aliphatic carbocycles. The Balaban J connectivity index is 2.87. The normalized spacial score (nSPS) is 11.9. The highest BCUT2D eigenvalue weighted by Gasteiger charge is 2.20. The Morgan fingerprint density at radius 2 is 2.11 bits per heavy atom. The van der Waals surface area contributed by atoms with Crippen molar-refractivity contribution in [3.63, 3.8) is 0 Å². The standard InChI is InChI=1S/C12H12Br2O4/c1-2-18-10-4-3-7(5-8(10)13)12(17)9(14)6-11(15)16/h3-5,9H,2,6H2,1H3,(H,15,16). The van der Waals surface area contributed by atoms with E-state index >= 15 is 0 Å². The minimum absolute atomic E-state index is 0.246. The van der Waals surface area contributed by atoms with Crippen molar-refractivity contribution in [2.75, 3.05) is 6.61 Å². The number of halogens is 2. The average molecular weight is 380 g/mol. The van der Waals surface area contributed by atoms with E-state index in [1.165, 1.54) is 0 Å². The molecule has 1 unspecified atom stereocenters. The average Bonchev–Trinajstić information content (AvgIpc) is 2.30. The number of benzene rings is 1. The van der Waals surface area contributed by atoms with E-state index < -0.39 is 10.8 Å². The van der Waals surface area contributed by atoms with Crippen LogP contribution in [0.25, 0.3) is 0 Å². The van der Waals surface area contributed by atoms with Crippen molar-refractivity contribution in [1.82, 2.24) is 0 Å². The highest BCUT2D eigenvalue weighted by atomic mass is 79.9. The van der Waals surface area contributed by atoms with Crippen LogP contribution in [0.3, 0.4) is 0 Å². The zero-order chi connectivity index (χ0) is 13.7. The third-order valence-electron chi connectivity index (χ3n) is 2.15. The monoisotopic (exact) mass is 378 g/mol. The van der Waals surface area contributed by atoms with Gasteiger partial charge in [0.1, 0.15) is 5.75 Å². The van der Waals surface area contributed by atoms with Gasteiger partial charge in [-0.2, -0.15) is 0 Å². The van der Waals surface area contributed by atoms with Gasteiger partial charge in [-0.05, 0) is 41.1 Å². The number of aliphatic carboxylic acids is 1. The number of carboxylic acids is 1. The number of alkyl halides is 1. The van der Waals surface area contributed by atoms with Gasteiger partial charge in [0.15, 0.2) is 5.78 Å². The van der Waals surface area contributed by atoms with Crippen molar-refractivity contribution in [3.8, 4) is 5.75 Å². The second-order valence-electron chi connectivity index (χ2n) is 3.51. The quantitative estimate of drug-likeness (QED) is 0.608. The number of carboxylic acid groups (broad SMARTS) is 1. The lowest BCUT2D eigenvalue weighted by molar-refractivity contribution is -0.136. The van der Waals surface area contributed by atoms with Gasteiger partial charge in [-0.25, -0.2) is 0 Å². The summed E-state index contributed by atoms with van der Waals surface area (Å²) in [4.78, 5) is 21.7. The number of hydrogen-bond donors (Lipinski definition) is 1. The second kappa shape index (κ2) is 6.89. The molecule has 0 bridgehead atoms. The van der Waals surface area contributed by atoms with Gasteiger partial charge in [-0.3, -0.25) is 9.59 Å². The van der Waals surface area contributed by atoms with E-state index in [-0.39, 0.29) is 12.2 Å². The number of ether oxygens (including phenoxy) is 1. The van der Waals surface area contributed by atoms with Crippen LogP contribution >= 0.6 is 31.9 Å². The lowest BCUT2D eigenvalue weighted by Gasteiger charge is -2.09. The maximum atomic E-state index is 11.9. The highest BCUT2D eigenvalue weighted by molar-refractivity contribution is 9.10. The molecule has 1 aromatic rings. The van der Waals surface area contributed by atoms with E-state index in [1.807, 2.05) is 6.92 Å². The molecule has 0 radical (unpaired) electrons. The van der Waals surface area contributed by atoms with Gasteiger partial charge in [0, 0.05) is 5.56 Å². The maximum absolute atomic E-state index is 11.9. The van der Waals surface area contributed by atoms with E-state index in [1.54, 1.807) is 18.2 Å². The second-order valence-corrected chi connectivity index (χ2v) is 5.47. The van der Waals surface area contributed by atoms with Crippen molar-refractivity contribution in [1.29, 1.82) is 0 Å². The molecule has 0 fully saturated rings. The molecular formula is C12H12Br2O4. The summed E-state index contributed by atoms with van der Waals surface area (Å²) in [5.74, 6) is -0.630. The summed E-state index contributed by atoms with van der Waals surface area (Å²) in [5.41, 5.74) is 0.438. The molecule has 0 amide bonds. The predicted octanol–water partition coefficient (Wildman–Crippen LogP) is 3.27. The third-order valence-corrected chi connectivity index (χ3v) is 3.51. The molecule has 0 spiro atoms. The van der Waals surface area contributed by atoms with Crippen LogP contribution in [0.4, 0.5) is 0 Å². The van der Waals surface area contributed by atoms with Crippen LogP contribution in [0.2, 0.25) is 0 Å². The van der Waals surface area contributed by atoms with E-state index in [0.717, 1.165) is 0 Å². The van der Waals surface area contributed by atoms with Crippen molar-refractivity contribution in [3.05, 3.63) is 28.2 Å². The van der Waals surface area contributed by atoms with Gasteiger partial charge >= 0.3 is 5.97 Å². The lowest BCUT2D eigenvalue weighted by atomic mass is 10.1. The maximum Gasteiger partial charge on any atom is 0.304 e. The van der Waals surface area contributed by atoms with Crippen LogP contribution in [-0.2, 0) is 4.79 Å². The van der Waals surface area contributed by atoms with E-state index in [2.05, 4.69) is 31.9 Å². The Hall–Kier alpha value is -0.880. The van der Waals surface area contributed by atoms with Crippen LogP contribution in [0.1, 0.15) is 23.7 Å². The van der Waals surface area contributed by atoms with Crippen molar-refractivity contribution in [2.45, 2.75) is 18.2 Å². The Labute approximate surface area is 122 Å². The van der Waals surface area contributed by atoms with Gasteiger partial charge < -0.3 is 9.84 Å². The summed E-state index contributed by atoms with van der Waals surface area (Å²) in [5, 5.41) is 8.64. The predicted molar refractivity (Wildman–Crippen MR) is 74.6 cm³/mol. The number of hydrogen-bond acceptors (Lipinski definition) is 3. The zero-order valence-corrected chi connectivity index (χ0v) is 12.8. The van der Waals surface area contributed by atoms with Gasteiger partial charge in [-0.15, -0.1) is 0 Å². The number of ketones is 1. The fourth-order valence-electron chi connectivity index (χ4n) is 1.35. The van der Waals surface area contributed by atoms with Crippen LogP contribution in [0.15, 0.2) is 22.7 Å². The number of carbonyl (C=O) groups excluding carboxylic acids is 1. The number of rotatable bonds is 6. The smallest absolute Gasteiger partial charge is 0.304 e. The summed E-state index contributed by atoms with van der Waals surface area (Å²) in [6.07, 6.45) is -0.246. The molecule has 1 rings (SSSR count). The molecule has 0 saturated carbocycles. The van der Waals surface area contributed by atoms with Gasteiger partial charge in [0.25, 0.3) is 0 Å². The summed E-state index contributed by atoms with van der Waals surface area (Å²) in [6, 6.07) is 4.93. The first-order chi connectivity index (χ1) is 8.45. The molecule has 1 aromatic carbocycles. The van der Waals surface area contributed by atoms with Gasteiger partial charge in [0.05, 0.1) is 22.3 Å². The highest BCUT2D eigenvalue weighted by Crippen LogP contribution is 2.27. The molecule has 0 aliphatic heterocycles. The van der Waals surface area contributed by atoms with E-state index in [9.17, 15) is 9.59 Å². The lowest BCUT2D eigenvalue weighted by Crippen LogP contribution is -2.18. The van der Waals surface area contributed by atoms with Gasteiger partial charge in [0.2, 0.25) is 0 Å². The van der Waals surface area contributed by atoms with Crippen molar-refractivity contribution < 1.29 is 19.4 Å². The minimum atomic E-state index is -1.02. The summed E-state index contributed by atoms with van der Waals surface area (Å²) in [6.45, 7) is 2.40. The van der Waals surface area contributed by atoms with Crippen LogP contribution < -0.4 is 4.74 Å². The largest absolute Gasteiger partial charge is 0.493 e. The summed E-state index contributed by atoms with van der Waals surface area (Å²) < 4.78 is 6.00. The molecule has 4 nitrogen and oxygen atoms in total. The molecular weight excluding hydrogens is 368 g/mol. The van der Waals surface area contributed by atoms with Crippen molar-refractivity contribution in [2.24, 2.45) is 0 Å². The van der Waals surface area contributed by atoms with E-state index in [4.69, 9.17) is 9.84 Å². The van der Waals surface area contributed by atoms with E-state index in [0.29, 0.717) is 22.4 Å². The Morgan fingerprint density at radius 3 is 2.61 bits per heavy atom. The fraction of sp³-hybridized carbons (Fsp3) is 0.333. The first-order valence-electron chi connectivity index (χ1n) is 5.28. The number of carbonyl (C=O) groups is 2. The Kier molecular flexibility index (Phi) is 5.81. The third kappa shape index (κ3) is 4.10. The molecule has 0 aromatic heterocycles. The molecule has 6 heteroatoms. The van der Waals surface area contributed by atoms with Crippen LogP contribution in [0.5, 0.6) is 5.75 Å². The molecule has 0 heterocycles. The van der Waals surface area contributed by atoms with Crippen molar-refractivity contribution >= 4 is 43.6 Å². The van der Waals surface area contributed by atoms with Crippen LogP contribution in [-0.4, -0.2) is 28.3 Å². The number of Topliss-reactive ketones (excluding diaryl/α,β-unsaturated/α-hetero) is 1. The van der Waals surface area contributed by atoms with Crippen LogP contribution in [0, 0.1) is 0 Å². The minimum Gasteiger partial charge on any atom is -0.493 e. The Morgan fingerprint density at radius 1 is 1.44 bits per heavy atom. The molecule has 1 atom stereocenters. The molecule has 18 heavy (non-hydrogen) atoms. The summed E-state index contributed by atoms with van der Waals surface area (Å²) in [7, 11) is 0. The first kappa shape index (κ1) is 15.2. The fourth-order valence-corrected chi connectivity index (χ4v) is 2.39. The first-order valence-corrected chi connectivity index (χ1v) is 6.99. The Bertz CT molecular complexity index is 459. The molecule has 98 valence electrons. The molecule has 1 N–H and O–H groups in total. The van der Waals surface area contributed by atoms with Gasteiger partial charge in [-0.1, -0.05) is 15.9 Å². The zero-order valence-electron chi connectivity index (χ0n) is 9.65. The topological polar surface area (TPSA) is 63.6 Å². The molecule has 0 aliphatic rings.